The van der Waals surface area contributed by atoms with Crippen LogP contribution in [0.2, 0.25) is 5.02 Å². The first kappa shape index (κ1) is 22.3. The maximum Gasteiger partial charge on any atom is 0.325 e. The van der Waals surface area contributed by atoms with Crippen molar-refractivity contribution in [2.24, 2.45) is 5.92 Å². The number of hydrogen-bond donors (Lipinski definition) is 2. The van der Waals surface area contributed by atoms with Crippen molar-refractivity contribution >= 4 is 46.7 Å². The third kappa shape index (κ3) is 6.05. The predicted octanol–water partition coefficient (Wildman–Crippen LogP) is 2.16. The van der Waals surface area contributed by atoms with Crippen LogP contribution in [0.4, 0.5) is 11.4 Å². The van der Waals surface area contributed by atoms with Crippen molar-refractivity contribution < 1.29 is 23.9 Å². The van der Waals surface area contributed by atoms with Gasteiger partial charge in [-0.25, -0.2) is 0 Å². The maximum absolute atomic E-state index is 12.6. The molecule has 8 nitrogen and oxygen atoms in total. The summed E-state index contributed by atoms with van der Waals surface area (Å²) < 4.78 is 4.47. The molecule has 31 heavy (non-hydrogen) atoms. The Balaban J connectivity index is 1.52. The molecule has 3 rings (SSSR count). The van der Waals surface area contributed by atoms with Crippen LogP contribution in [0, 0.1) is 5.92 Å². The van der Waals surface area contributed by atoms with E-state index in [1.54, 1.807) is 53.4 Å². The summed E-state index contributed by atoms with van der Waals surface area (Å²) in [5.41, 5.74) is 2.01. The molecule has 1 unspecified atom stereocenters. The van der Waals surface area contributed by atoms with Crippen LogP contribution in [-0.4, -0.2) is 43.9 Å². The molecule has 0 aromatic heterocycles. The minimum Gasteiger partial charge on any atom is -0.468 e. The van der Waals surface area contributed by atoms with E-state index >= 15 is 0 Å². The Morgan fingerprint density at radius 2 is 1.77 bits per heavy atom. The van der Waals surface area contributed by atoms with E-state index < -0.39 is 11.9 Å². The number of esters is 1. The minimum atomic E-state index is -0.522. The number of amides is 3. The summed E-state index contributed by atoms with van der Waals surface area (Å²) in [5.74, 6) is -1.66. The first-order valence-electron chi connectivity index (χ1n) is 9.65. The van der Waals surface area contributed by atoms with Gasteiger partial charge in [-0.1, -0.05) is 23.7 Å². The molecule has 1 aliphatic rings. The van der Waals surface area contributed by atoms with Crippen LogP contribution in [0.25, 0.3) is 0 Å². The Morgan fingerprint density at radius 1 is 1.10 bits per heavy atom. The summed E-state index contributed by atoms with van der Waals surface area (Å²) in [6.45, 7) is 0.112. The smallest absolute Gasteiger partial charge is 0.325 e. The van der Waals surface area contributed by atoms with Crippen LogP contribution >= 0.6 is 11.6 Å². The first-order valence-corrected chi connectivity index (χ1v) is 10.0. The normalized spacial score (nSPS) is 15.5. The number of nitrogens with one attached hydrogen (secondary N) is 2. The SMILES string of the molecule is COC(=O)CNC(=O)Cc1ccc(NC(=O)C2CC(=O)N(c3ccc(Cl)cc3)C2)cc1. The van der Waals surface area contributed by atoms with Gasteiger partial charge in [-0.15, -0.1) is 0 Å². The molecule has 9 heteroatoms. The lowest BCUT2D eigenvalue weighted by atomic mass is 10.1. The number of hydrogen-bond acceptors (Lipinski definition) is 5. The van der Waals surface area contributed by atoms with Crippen molar-refractivity contribution in [2.75, 3.05) is 30.4 Å². The van der Waals surface area contributed by atoms with Gasteiger partial charge >= 0.3 is 5.97 Å². The highest BCUT2D eigenvalue weighted by Crippen LogP contribution is 2.27. The Hall–Kier alpha value is -3.39. The van der Waals surface area contributed by atoms with E-state index in [1.807, 2.05) is 0 Å². The second-order valence-corrected chi connectivity index (χ2v) is 7.53. The number of carbonyl (C=O) groups excluding carboxylic acids is 4. The average Bonchev–Trinajstić information content (AvgIpc) is 3.15. The maximum atomic E-state index is 12.6. The fourth-order valence-electron chi connectivity index (χ4n) is 3.19. The third-order valence-corrected chi connectivity index (χ3v) is 5.13. The molecule has 0 spiro atoms. The van der Waals surface area contributed by atoms with E-state index in [4.69, 9.17) is 11.6 Å². The molecule has 2 aromatic carbocycles. The second-order valence-electron chi connectivity index (χ2n) is 7.10. The predicted molar refractivity (Wildman–Crippen MR) is 116 cm³/mol. The van der Waals surface area contributed by atoms with Crippen molar-refractivity contribution in [2.45, 2.75) is 12.8 Å². The molecule has 0 saturated carbocycles. The Morgan fingerprint density at radius 3 is 2.42 bits per heavy atom. The lowest BCUT2D eigenvalue weighted by molar-refractivity contribution is -0.141. The summed E-state index contributed by atoms with van der Waals surface area (Å²) in [6, 6.07) is 13.7. The van der Waals surface area contributed by atoms with Gasteiger partial charge in [0.05, 0.1) is 19.4 Å². The summed E-state index contributed by atoms with van der Waals surface area (Å²) in [5, 5.41) is 5.85. The third-order valence-electron chi connectivity index (χ3n) is 4.88. The molecule has 1 atom stereocenters. The zero-order valence-corrected chi connectivity index (χ0v) is 17.6. The number of ether oxygens (including phenoxy) is 1. The van der Waals surface area contributed by atoms with E-state index in [1.165, 1.54) is 7.11 Å². The van der Waals surface area contributed by atoms with Gasteiger partial charge in [-0.05, 0) is 42.0 Å². The topological polar surface area (TPSA) is 105 Å². The van der Waals surface area contributed by atoms with Crippen LogP contribution in [0.5, 0.6) is 0 Å². The molecular formula is C22H22ClN3O5. The van der Waals surface area contributed by atoms with E-state index in [0.717, 1.165) is 5.56 Å². The van der Waals surface area contributed by atoms with E-state index in [0.29, 0.717) is 22.9 Å². The van der Waals surface area contributed by atoms with E-state index in [-0.39, 0.29) is 37.1 Å². The van der Waals surface area contributed by atoms with Crippen molar-refractivity contribution in [3.8, 4) is 0 Å². The largest absolute Gasteiger partial charge is 0.468 e. The highest BCUT2D eigenvalue weighted by Gasteiger charge is 2.35. The molecule has 0 bridgehead atoms. The minimum absolute atomic E-state index is 0.0956. The number of nitrogens with zero attached hydrogens (tertiary/aromatic N) is 1. The number of anilines is 2. The van der Waals surface area contributed by atoms with Gasteiger partial charge in [-0.3, -0.25) is 19.2 Å². The molecule has 0 aliphatic carbocycles. The van der Waals surface area contributed by atoms with Crippen molar-refractivity contribution in [3.63, 3.8) is 0 Å². The van der Waals surface area contributed by atoms with Crippen molar-refractivity contribution in [3.05, 3.63) is 59.1 Å². The van der Waals surface area contributed by atoms with Crippen molar-refractivity contribution in [1.29, 1.82) is 0 Å². The zero-order chi connectivity index (χ0) is 22.4. The van der Waals surface area contributed by atoms with Gasteiger partial charge < -0.3 is 20.3 Å². The number of rotatable bonds is 7. The van der Waals surface area contributed by atoms with Gasteiger partial charge in [0, 0.05) is 29.4 Å². The molecule has 2 N–H and O–H groups in total. The number of carbonyl (C=O) groups is 4. The number of methoxy groups -OCH3 is 1. The van der Waals surface area contributed by atoms with Crippen LogP contribution < -0.4 is 15.5 Å². The molecule has 162 valence electrons. The molecular weight excluding hydrogens is 422 g/mol. The fraction of sp³-hybridized carbons (Fsp3) is 0.273. The summed E-state index contributed by atoms with van der Waals surface area (Å²) in [7, 11) is 1.25. The summed E-state index contributed by atoms with van der Waals surface area (Å²) in [4.78, 5) is 49.4. The summed E-state index contributed by atoms with van der Waals surface area (Å²) in [6.07, 6.45) is 0.227. The molecule has 1 fully saturated rings. The fourth-order valence-corrected chi connectivity index (χ4v) is 3.32. The Labute approximate surface area is 184 Å². The number of benzene rings is 2. The van der Waals surface area contributed by atoms with Gasteiger partial charge in [0.25, 0.3) is 0 Å². The zero-order valence-electron chi connectivity index (χ0n) is 16.9. The quantitative estimate of drug-likeness (QED) is 0.638. The molecule has 1 heterocycles. The monoisotopic (exact) mass is 443 g/mol. The van der Waals surface area contributed by atoms with E-state index in [2.05, 4.69) is 15.4 Å². The lowest BCUT2D eigenvalue weighted by Gasteiger charge is -2.16. The Kier molecular flexibility index (Phi) is 7.25. The van der Waals surface area contributed by atoms with Gasteiger partial charge in [0.15, 0.2) is 0 Å². The highest BCUT2D eigenvalue weighted by molar-refractivity contribution is 6.30. The van der Waals surface area contributed by atoms with Gasteiger partial charge in [0.1, 0.15) is 6.54 Å². The van der Waals surface area contributed by atoms with Crippen LogP contribution in [0.15, 0.2) is 48.5 Å². The van der Waals surface area contributed by atoms with Crippen LogP contribution in [0.1, 0.15) is 12.0 Å². The Bertz CT molecular complexity index is 976. The molecule has 2 aromatic rings. The lowest BCUT2D eigenvalue weighted by Crippen LogP contribution is -2.31. The van der Waals surface area contributed by atoms with Crippen LogP contribution in [-0.2, 0) is 30.3 Å². The van der Waals surface area contributed by atoms with Gasteiger partial charge in [0.2, 0.25) is 17.7 Å². The average molecular weight is 444 g/mol. The standard InChI is InChI=1S/C22H22ClN3O5/c1-31-21(29)12-24-19(27)10-14-2-6-17(7-3-14)25-22(30)15-11-20(28)26(13-15)18-8-4-16(23)5-9-18/h2-9,15H,10-13H2,1H3,(H,24,27)(H,25,30). The van der Waals surface area contributed by atoms with Crippen molar-refractivity contribution in [1.82, 2.24) is 5.32 Å². The van der Waals surface area contributed by atoms with Crippen LogP contribution in [0.3, 0.4) is 0 Å². The van der Waals surface area contributed by atoms with Gasteiger partial charge in [-0.2, -0.15) is 0 Å². The highest BCUT2D eigenvalue weighted by atomic mass is 35.5. The molecule has 3 amide bonds. The van der Waals surface area contributed by atoms with E-state index in [9.17, 15) is 19.2 Å². The molecule has 1 aliphatic heterocycles. The molecule has 1 saturated heterocycles. The summed E-state index contributed by atoms with van der Waals surface area (Å²) >= 11 is 5.89. The molecule has 0 radical (unpaired) electrons. The first-order chi connectivity index (χ1) is 14.9. The number of halogens is 1. The second kappa shape index (κ2) is 10.1.